The molecule has 30 heavy (non-hydrogen) atoms. The average molecular weight is 406 g/mol. The van der Waals surface area contributed by atoms with Gasteiger partial charge in [-0.1, -0.05) is 12.1 Å². The van der Waals surface area contributed by atoms with Crippen molar-refractivity contribution in [3.05, 3.63) is 71.5 Å². The van der Waals surface area contributed by atoms with E-state index in [4.69, 9.17) is 5.26 Å². The molecule has 0 spiro atoms. The van der Waals surface area contributed by atoms with Crippen LogP contribution < -0.4 is 5.32 Å². The highest BCUT2D eigenvalue weighted by atomic mass is 19.1. The molecule has 0 saturated carbocycles. The van der Waals surface area contributed by atoms with Crippen LogP contribution in [0.5, 0.6) is 5.75 Å². The number of nitrogens with zero attached hydrogens (tertiary/aromatic N) is 3. The minimum Gasteiger partial charge on any atom is -0.505 e. The summed E-state index contributed by atoms with van der Waals surface area (Å²) in [6.45, 7) is 0. The lowest BCUT2D eigenvalue weighted by molar-refractivity contribution is 0.429. The van der Waals surface area contributed by atoms with Crippen molar-refractivity contribution in [2.24, 2.45) is 0 Å². The van der Waals surface area contributed by atoms with Crippen molar-refractivity contribution < 1.29 is 18.3 Å². The first-order valence-electron chi connectivity index (χ1n) is 8.80. The Morgan fingerprint density at radius 3 is 2.40 bits per heavy atom. The molecule has 0 unspecified atom stereocenters. The fourth-order valence-corrected chi connectivity index (χ4v) is 3.17. The SMILES string of the molecule is CNc1nc(-c2ccc(C#N)c(F)c2)c2cc(-c3c(F)ccc(O)c3F)ccc2n1. The number of aromatic nitrogens is 2. The fourth-order valence-electron chi connectivity index (χ4n) is 3.17. The number of phenolic OH excluding ortho intramolecular Hbond substituents is 1. The van der Waals surface area contributed by atoms with Gasteiger partial charge < -0.3 is 10.4 Å². The average Bonchev–Trinajstić information content (AvgIpc) is 2.75. The van der Waals surface area contributed by atoms with Gasteiger partial charge in [0, 0.05) is 18.0 Å². The number of nitrogens with one attached hydrogen (secondary N) is 1. The van der Waals surface area contributed by atoms with E-state index in [2.05, 4.69) is 15.3 Å². The highest BCUT2D eigenvalue weighted by Crippen LogP contribution is 2.35. The lowest BCUT2D eigenvalue weighted by atomic mass is 9.99. The molecule has 5 nitrogen and oxygen atoms in total. The molecule has 4 rings (SSSR count). The Hall–Kier alpha value is -4.12. The Bertz CT molecular complexity index is 1350. The second kappa shape index (κ2) is 7.37. The molecule has 1 heterocycles. The van der Waals surface area contributed by atoms with Gasteiger partial charge in [0.15, 0.2) is 11.6 Å². The standard InChI is InChI=1S/C22H13F3N4O/c1-27-22-28-17-6-4-11(19-15(23)5-7-18(30)20(19)25)8-14(17)21(29-22)12-2-3-13(10-26)16(24)9-12/h2-9,30H,1H3,(H,27,28,29). The minimum absolute atomic E-state index is 0.115. The lowest BCUT2D eigenvalue weighted by Gasteiger charge is -2.12. The molecule has 0 fully saturated rings. The largest absolute Gasteiger partial charge is 0.505 e. The molecule has 0 aliphatic heterocycles. The zero-order valence-corrected chi connectivity index (χ0v) is 15.5. The quantitative estimate of drug-likeness (QED) is 0.500. The van der Waals surface area contributed by atoms with E-state index in [9.17, 15) is 18.3 Å². The van der Waals surface area contributed by atoms with Gasteiger partial charge >= 0.3 is 0 Å². The molecule has 0 bridgehead atoms. The van der Waals surface area contributed by atoms with Crippen molar-refractivity contribution in [1.82, 2.24) is 9.97 Å². The molecule has 0 radical (unpaired) electrons. The number of benzene rings is 3. The Morgan fingerprint density at radius 1 is 0.933 bits per heavy atom. The maximum absolute atomic E-state index is 14.4. The molecule has 2 N–H and O–H groups in total. The molecule has 0 amide bonds. The van der Waals surface area contributed by atoms with E-state index in [1.807, 2.05) is 0 Å². The van der Waals surface area contributed by atoms with Crippen LogP contribution in [0, 0.1) is 28.8 Å². The smallest absolute Gasteiger partial charge is 0.223 e. The van der Waals surface area contributed by atoms with Crippen molar-refractivity contribution in [3.63, 3.8) is 0 Å². The van der Waals surface area contributed by atoms with E-state index >= 15 is 0 Å². The summed E-state index contributed by atoms with van der Waals surface area (Å²) in [4.78, 5) is 8.70. The van der Waals surface area contributed by atoms with Crippen molar-refractivity contribution in [1.29, 1.82) is 5.26 Å². The predicted molar refractivity (Wildman–Crippen MR) is 106 cm³/mol. The summed E-state index contributed by atoms with van der Waals surface area (Å²) in [6, 6.07) is 12.2. The van der Waals surface area contributed by atoms with E-state index in [1.165, 1.54) is 30.3 Å². The van der Waals surface area contributed by atoms with E-state index < -0.39 is 28.8 Å². The molecule has 0 atom stereocenters. The molecule has 8 heteroatoms. The maximum atomic E-state index is 14.4. The monoisotopic (exact) mass is 406 g/mol. The first-order valence-corrected chi connectivity index (χ1v) is 8.80. The fraction of sp³-hybridized carbons (Fsp3) is 0.0455. The number of phenols is 1. The molecule has 148 valence electrons. The molecule has 3 aromatic carbocycles. The third kappa shape index (κ3) is 3.16. The number of anilines is 1. The van der Waals surface area contributed by atoms with E-state index in [0.717, 1.165) is 12.1 Å². The van der Waals surface area contributed by atoms with Crippen LogP contribution in [0.25, 0.3) is 33.3 Å². The Kier molecular flexibility index (Phi) is 4.72. The number of hydrogen-bond acceptors (Lipinski definition) is 5. The van der Waals surface area contributed by atoms with Crippen LogP contribution in [0.3, 0.4) is 0 Å². The summed E-state index contributed by atoms with van der Waals surface area (Å²) in [5.74, 6) is -3.06. The number of nitriles is 1. The summed E-state index contributed by atoms with van der Waals surface area (Å²) < 4.78 is 42.9. The topological polar surface area (TPSA) is 81.8 Å². The van der Waals surface area contributed by atoms with Crippen LogP contribution in [0.2, 0.25) is 0 Å². The molecule has 4 aromatic rings. The Labute approximate surface area is 169 Å². The number of aromatic hydroxyl groups is 1. The van der Waals surface area contributed by atoms with E-state index in [1.54, 1.807) is 19.2 Å². The zero-order valence-electron chi connectivity index (χ0n) is 15.5. The summed E-state index contributed by atoms with van der Waals surface area (Å²) in [7, 11) is 1.62. The van der Waals surface area contributed by atoms with Gasteiger partial charge in [-0.25, -0.2) is 23.1 Å². The van der Waals surface area contributed by atoms with Crippen LogP contribution in [0.4, 0.5) is 19.1 Å². The van der Waals surface area contributed by atoms with Crippen molar-refractivity contribution in [3.8, 4) is 34.2 Å². The van der Waals surface area contributed by atoms with E-state index in [0.29, 0.717) is 22.2 Å². The number of fused-ring (bicyclic) bond motifs is 1. The van der Waals surface area contributed by atoms with Crippen molar-refractivity contribution >= 4 is 16.9 Å². The molecular weight excluding hydrogens is 393 g/mol. The van der Waals surface area contributed by atoms with Crippen molar-refractivity contribution in [2.45, 2.75) is 0 Å². The summed E-state index contributed by atoms with van der Waals surface area (Å²) >= 11 is 0. The highest BCUT2D eigenvalue weighted by Gasteiger charge is 2.18. The number of hydrogen-bond donors (Lipinski definition) is 2. The second-order valence-electron chi connectivity index (χ2n) is 6.44. The van der Waals surface area contributed by atoms with Crippen LogP contribution in [-0.2, 0) is 0 Å². The van der Waals surface area contributed by atoms with Gasteiger partial charge in [-0.05, 0) is 42.0 Å². The lowest BCUT2D eigenvalue weighted by Crippen LogP contribution is -2.00. The molecular formula is C22H13F3N4O. The molecule has 1 aromatic heterocycles. The van der Waals surface area contributed by atoms with Gasteiger partial charge in [0.1, 0.15) is 17.7 Å². The third-order valence-corrected chi connectivity index (χ3v) is 4.64. The first-order chi connectivity index (χ1) is 14.4. The highest BCUT2D eigenvalue weighted by molar-refractivity contribution is 5.96. The van der Waals surface area contributed by atoms with Crippen molar-refractivity contribution in [2.75, 3.05) is 12.4 Å². The maximum Gasteiger partial charge on any atom is 0.223 e. The van der Waals surface area contributed by atoms with Gasteiger partial charge in [0.2, 0.25) is 5.95 Å². The number of rotatable bonds is 3. The molecule has 0 aliphatic rings. The van der Waals surface area contributed by atoms with Gasteiger partial charge in [-0.15, -0.1) is 0 Å². The van der Waals surface area contributed by atoms with Crippen LogP contribution in [0.1, 0.15) is 5.56 Å². The van der Waals surface area contributed by atoms with Gasteiger partial charge in [0.05, 0.1) is 22.3 Å². The molecule has 0 saturated heterocycles. The number of halogens is 3. The second-order valence-corrected chi connectivity index (χ2v) is 6.44. The van der Waals surface area contributed by atoms with Crippen LogP contribution in [-0.4, -0.2) is 22.1 Å². The normalized spacial score (nSPS) is 10.8. The van der Waals surface area contributed by atoms with Crippen LogP contribution in [0.15, 0.2) is 48.5 Å². The summed E-state index contributed by atoms with van der Waals surface area (Å²) in [5.41, 5.74) is 0.783. The Balaban J connectivity index is 2.01. The van der Waals surface area contributed by atoms with Gasteiger partial charge in [-0.3, -0.25) is 0 Å². The Morgan fingerprint density at radius 2 is 1.70 bits per heavy atom. The third-order valence-electron chi connectivity index (χ3n) is 4.64. The van der Waals surface area contributed by atoms with Gasteiger partial charge in [0.25, 0.3) is 0 Å². The first kappa shape index (κ1) is 19.2. The summed E-state index contributed by atoms with van der Waals surface area (Å²) in [5, 5.41) is 21.8. The van der Waals surface area contributed by atoms with Crippen LogP contribution >= 0.6 is 0 Å². The predicted octanol–water partition coefficient (Wildman–Crippen LogP) is 5.00. The minimum atomic E-state index is -1.09. The molecule has 0 aliphatic carbocycles. The van der Waals surface area contributed by atoms with Gasteiger partial charge in [-0.2, -0.15) is 5.26 Å². The summed E-state index contributed by atoms with van der Waals surface area (Å²) in [6.07, 6.45) is 0. The van der Waals surface area contributed by atoms with E-state index in [-0.39, 0.29) is 17.1 Å². The zero-order chi connectivity index (χ0) is 21.4.